The van der Waals surface area contributed by atoms with E-state index in [0.29, 0.717) is 13.1 Å². The Balaban J connectivity index is 2.20. The molecule has 3 nitrogen and oxygen atoms in total. The number of hydrogen-bond acceptors (Lipinski definition) is 2. The molecule has 0 saturated carbocycles. The fourth-order valence-electron chi connectivity index (χ4n) is 2.95. The number of carboxylic acids is 1. The quantitative estimate of drug-likeness (QED) is 0.600. The summed E-state index contributed by atoms with van der Waals surface area (Å²) in [5.74, 6) is -1.17. The van der Waals surface area contributed by atoms with Crippen LogP contribution >= 0.6 is 0 Å². The second-order valence-corrected chi connectivity index (χ2v) is 6.46. The molecule has 0 aliphatic rings. The molecule has 4 heteroatoms. The molecular weight excluding hydrogens is 341 g/mol. The van der Waals surface area contributed by atoms with Gasteiger partial charge in [0.25, 0.3) is 0 Å². The first-order valence-corrected chi connectivity index (χ1v) is 9.12. The van der Waals surface area contributed by atoms with Crippen molar-refractivity contribution in [2.45, 2.75) is 33.4 Å². The smallest absolute Gasteiger partial charge is 0.335 e. The molecule has 0 atom stereocenters. The van der Waals surface area contributed by atoms with Crippen LogP contribution in [0.2, 0.25) is 0 Å². The Bertz CT molecular complexity index is 792. The molecule has 0 saturated heterocycles. The molecule has 0 bridgehead atoms. The number of aromatic carboxylic acids is 1. The number of allylic oxidation sites excluding steroid dienone is 2. The number of benzene rings is 2. The molecule has 0 spiro atoms. The van der Waals surface area contributed by atoms with Crippen molar-refractivity contribution in [3.05, 3.63) is 94.8 Å². The summed E-state index contributed by atoms with van der Waals surface area (Å²) in [4.78, 5) is 13.3. The van der Waals surface area contributed by atoms with Crippen molar-refractivity contribution in [2.24, 2.45) is 0 Å². The van der Waals surface area contributed by atoms with Crippen molar-refractivity contribution >= 4 is 5.97 Å². The second kappa shape index (κ2) is 10.4. The van der Waals surface area contributed by atoms with E-state index < -0.39 is 5.97 Å². The van der Waals surface area contributed by atoms with Gasteiger partial charge in [0.05, 0.1) is 5.56 Å². The van der Waals surface area contributed by atoms with Crippen molar-refractivity contribution in [1.29, 1.82) is 0 Å². The average molecular weight is 367 g/mol. The van der Waals surface area contributed by atoms with E-state index in [0.717, 1.165) is 24.1 Å². The van der Waals surface area contributed by atoms with E-state index in [1.54, 1.807) is 24.3 Å². The monoisotopic (exact) mass is 367 g/mol. The minimum atomic E-state index is -0.925. The predicted molar refractivity (Wildman–Crippen MR) is 107 cm³/mol. The fraction of sp³-hybridized carbons (Fsp3) is 0.261. The Hall–Kier alpha value is -2.72. The maximum absolute atomic E-state index is 13.2. The summed E-state index contributed by atoms with van der Waals surface area (Å²) >= 11 is 0. The van der Waals surface area contributed by atoms with Gasteiger partial charge in [0.2, 0.25) is 0 Å². The van der Waals surface area contributed by atoms with Crippen molar-refractivity contribution in [3.8, 4) is 0 Å². The summed E-state index contributed by atoms with van der Waals surface area (Å²) in [7, 11) is 0. The lowest BCUT2D eigenvalue weighted by Gasteiger charge is -2.23. The molecule has 0 heterocycles. The van der Waals surface area contributed by atoms with Gasteiger partial charge in [-0.25, -0.2) is 9.18 Å². The summed E-state index contributed by atoms with van der Waals surface area (Å²) in [5, 5.41) is 9.06. The van der Waals surface area contributed by atoms with E-state index in [1.165, 1.54) is 17.7 Å². The largest absolute Gasteiger partial charge is 0.478 e. The molecule has 2 aromatic rings. The third kappa shape index (κ3) is 6.83. The molecule has 142 valence electrons. The van der Waals surface area contributed by atoms with Crippen LogP contribution in [0.4, 0.5) is 4.39 Å². The second-order valence-electron chi connectivity index (χ2n) is 6.46. The Morgan fingerprint density at radius 3 is 2.07 bits per heavy atom. The van der Waals surface area contributed by atoms with Crippen molar-refractivity contribution in [3.63, 3.8) is 0 Å². The molecule has 0 unspecified atom stereocenters. The van der Waals surface area contributed by atoms with Gasteiger partial charge in [-0.2, -0.15) is 0 Å². The van der Waals surface area contributed by atoms with Gasteiger partial charge < -0.3 is 5.11 Å². The van der Waals surface area contributed by atoms with Gasteiger partial charge in [0, 0.05) is 19.6 Å². The lowest BCUT2D eigenvalue weighted by atomic mass is 10.1. The minimum Gasteiger partial charge on any atom is -0.478 e. The van der Waals surface area contributed by atoms with Gasteiger partial charge in [-0.15, -0.1) is 0 Å². The van der Waals surface area contributed by atoms with Crippen LogP contribution in [0.3, 0.4) is 0 Å². The highest BCUT2D eigenvalue weighted by Crippen LogP contribution is 2.15. The van der Waals surface area contributed by atoms with E-state index in [4.69, 9.17) is 5.11 Å². The SMILES string of the molecule is C/C=C\C(=C/CC)CN(Cc1ccc(F)cc1)Cc1ccc(C(=O)O)cc1. The number of halogens is 1. The zero-order valence-electron chi connectivity index (χ0n) is 15.9. The molecule has 1 N–H and O–H groups in total. The summed E-state index contributed by atoms with van der Waals surface area (Å²) in [6, 6.07) is 13.5. The van der Waals surface area contributed by atoms with Crippen LogP contribution in [0, 0.1) is 5.82 Å². The van der Waals surface area contributed by atoms with Crippen LogP contribution < -0.4 is 0 Å². The molecule has 0 radical (unpaired) electrons. The van der Waals surface area contributed by atoms with Gasteiger partial charge >= 0.3 is 5.97 Å². The number of carbonyl (C=O) groups is 1. The normalized spacial score (nSPS) is 12.1. The summed E-state index contributed by atoms with van der Waals surface area (Å²) in [6.45, 7) is 6.22. The highest BCUT2D eigenvalue weighted by molar-refractivity contribution is 5.87. The standard InChI is InChI=1S/C23H26FNO2/c1-3-5-18(6-4-2)15-25(17-20-9-13-22(24)14-10-20)16-19-7-11-21(12-8-19)23(26)27/h3,5-14H,4,15-17H2,1-2H3,(H,26,27)/b5-3-,18-6+. The van der Waals surface area contributed by atoms with E-state index in [1.807, 2.05) is 25.1 Å². The third-order valence-corrected chi connectivity index (χ3v) is 4.18. The molecule has 0 amide bonds. The summed E-state index contributed by atoms with van der Waals surface area (Å²) < 4.78 is 13.2. The maximum Gasteiger partial charge on any atom is 0.335 e. The van der Waals surface area contributed by atoms with E-state index in [9.17, 15) is 9.18 Å². The predicted octanol–water partition coefficient (Wildman–Crippen LogP) is 5.44. The van der Waals surface area contributed by atoms with E-state index in [-0.39, 0.29) is 11.4 Å². The first kappa shape index (κ1) is 20.6. The van der Waals surface area contributed by atoms with Gasteiger partial charge in [-0.05, 0) is 54.3 Å². The third-order valence-electron chi connectivity index (χ3n) is 4.18. The molecule has 0 aromatic heterocycles. The van der Waals surface area contributed by atoms with Gasteiger partial charge in [0.1, 0.15) is 5.82 Å². The maximum atomic E-state index is 13.2. The zero-order valence-corrected chi connectivity index (χ0v) is 15.9. The Labute approximate surface area is 160 Å². The van der Waals surface area contributed by atoms with Crippen LogP contribution in [-0.4, -0.2) is 22.5 Å². The number of carboxylic acid groups (broad SMARTS) is 1. The highest BCUT2D eigenvalue weighted by Gasteiger charge is 2.10. The van der Waals surface area contributed by atoms with Crippen molar-refractivity contribution in [1.82, 2.24) is 4.90 Å². The van der Waals surface area contributed by atoms with Crippen LogP contribution in [0.25, 0.3) is 0 Å². The van der Waals surface area contributed by atoms with Crippen LogP contribution in [-0.2, 0) is 13.1 Å². The lowest BCUT2D eigenvalue weighted by Crippen LogP contribution is -2.25. The van der Waals surface area contributed by atoms with Crippen LogP contribution in [0.1, 0.15) is 41.8 Å². The topological polar surface area (TPSA) is 40.5 Å². The molecular formula is C23H26FNO2. The average Bonchev–Trinajstić information content (AvgIpc) is 2.64. The van der Waals surface area contributed by atoms with Gasteiger partial charge in [0.15, 0.2) is 0 Å². The fourth-order valence-corrected chi connectivity index (χ4v) is 2.95. The van der Waals surface area contributed by atoms with E-state index in [2.05, 4.69) is 24.0 Å². The summed E-state index contributed by atoms with van der Waals surface area (Å²) in [5.41, 5.74) is 3.59. The number of rotatable bonds is 9. The van der Waals surface area contributed by atoms with Crippen LogP contribution in [0.5, 0.6) is 0 Å². The zero-order chi connectivity index (χ0) is 19.6. The van der Waals surface area contributed by atoms with Gasteiger partial charge in [-0.3, -0.25) is 4.90 Å². The number of hydrogen-bond donors (Lipinski definition) is 1. The Kier molecular flexibility index (Phi) is 7.96. The Morgan fingerprint density at radius 2 is 1.59 bits per heavy atom. The molecule has 0 aliphatic heterocycles. The highest BCUT2D eigenvalue weighted by atomic mass is 19.1. The van der Waals surface area contributed by atoms with E-state index >= 15 is 0 Å². The molecule has 27 heavy (non-hydrogen) atoms. The molecule has 2 rings (SSSR count). The molecule has 0 fully saturated rings. The van der Waals surface area contributed by atoms with Gasteiger partial charge in [-0.1, -0.05) is 49.4 Å². The minimum absolute atomic E-state index is 0.241. The van der Waals surface area contributed by atoms with Crippen LogP contribution in [0.15, 0.2) is 72.3 Å². The van der Waals surface area contributed by atoms with Crippen molar-refractivity contribution in [2.75, 3.05) is 6.54 Å². The summed E-state index contributed by atoms with van der Waals surface area (Å²) in [6.07, 6.45) is 7.29. The lowest BCUT2D eigenvalue weighted by molar-refractivity contribution is 0.0697. The first-order chi connectivity index (χ1) is 13.0. The number of nitrogens with zero attached hydrogens (tertiary/aromatic N) is 1. The van der Waals surface area contributed by atoms with Crippen molar-refractivity contribution < 1.29 is 14.3 Å². The molecule has 0 aliphatic carbocycles. The Morgan fingerprint density at radius 1 is 1.04 bits per heavy atom. The molecule has 2 aromatic carbocycles. The first-order valence-electron chi connectivity index (χ1n) is 9.12.